The van der Waals surface area contributed by atoms with Crippen molar-refractivity contribution in [1.29, 1.82) is 0 Å². The van der Waals surface area contributed by atoms with E-state index < -0.39 is 17.7 Å². The normalized spacial score (nSPS) is 10.1. The lowest BCUT2D eigenvalue weighted by Crippen LogP contribution is -2.13. The minimum atomic E-state index is -1.07. The summed E-state index contributed by atoms with van der Waals surface area (Å²) in [6.45, 7) is 0. The molecule has 6 heteroatoms. The SMILES string of the molecule is O=C(Nc1ccc(I)c(C(=O)O)c1)c1cccc(F)c1. The molecule has 2 N–H and O–H groups in total. The average molecular weight is 385 g/mol. The number of carbonyl (C=O) groups is 2. The monoisotopic (exact) mass is 385 g/mol. The number of aromatic carboxylic acids is 1. The van der Waals surface area contributed by atoms with Gasteiger partial charge in [0.25, 0.3) is 5.91 Å². The van der Waals surface area contributed by atoms with Crippen molar-refractivity contribution < 1.29 is 19.1 Å². The predicted molar refractivity (Wildman–Crippen MR) is 80.5 cm³/mol. The van der Waals surface area contributed by atoms with Crippen LogP contribution in [-0.4, -0.2) is 17.0 Å². The number of hydrogen-bond donors (Lipinski definition) is 2. The van der Waals surface area contributed by atoms with Gasteiger partial charge in [0.1, 0.15) is 5.82 Å². The number of anilines is 1. The van der Waals surface area contributed by atoms with Gasteiger partial charge in [-0.25, -0.2) is 9.18 Å². The maximum absolute atomic E-state index is 13.0. The van der Waals surface area contributed by atoms with E-state index in [0.717, 1.165) is 6.07 Å². The molecule has 0 unspecified atom stereocenters. The minimum Gasteiger partial charge on any atom is -0.478 e. The highest BCUT2D eigenvalue weighted by Crippen LogP contribution is 2.18. The van der Waals surface area contributed by atoms with Gasteiger partial charge in [-0.3, -0.25) is 4.79 Å². The van der Waals surface area contributed by atoms with E-state index in [1.54, 1.807) is 12.1 Å². The van der Waals surface area contributed by atoms with Crippen LogP contribution in [0.5, 0.6) is 0 Å². The molecule has 0 aliphatic carbocycles. The van der Waals surface area contributed by atoms with Crippen molar-refractivity contribution in [2.45, 2.75) is 0 Å². The first kappa shape index (κ1) is 14.4. The van der Waals surface area contributed by atoms with Crippen LogP contribution in [0.1, 0.15) is 20.7 Å². The lowest BCUT2D eigenvalue weighted by atomic mass is 10.1. The number of amides is 1. The molecule has 0 aromatic heterocycles. The second-order valence-electron chi connectivity index (χ2n) is 3.96. The molecular formula is C14H9FINO3. The Morgan fingerprint density at radius 2 is 1.90 bits per heavy atom. The second-order valence-corrected chi connectivity index (χ2v) is 5.13. The first-order valence-corrected chi connectivity index (χ1v) is 6.65. The summed E-state index contributed by atoms with van der Waals surface area (Å²) in [5.41, 5.74) is 0.611. The van der Waals surface area contributed by atoms with Gasteiger partial charge < -0.3 is 10.4 Å². The van der Waals surface area contributed by atoms with Crippen LogP contribution in [0.15, 0.2) is 42.5 Å². The molecule has 2 rings (SSSR count). The number of carbonyl (C=O) groups excluding carboxylic acids is 1. The van der Waals surface area contributed by atoms with Crippen LogP contribution in [0.2, 0.25) is 0 Å². The number of rotatable bonds is 3. The van der Waals surface area contributed by atoms with Crippen molar-refractivity contribution in [3.05, 3.63) is 63.0 Å². The van der Waals surface area contributed by atoms with Crippen molar-refractivity contribution in [2.75, 3.05) is 5.32 Å². The van der Waals surface area contributed by atoms with Crippen molar-refractivity contribution in [3.8, 4) is 0 Å². The first-order valence-electron chi connectivity index (χ1n) is 5.57. The molecule has 0 heterocycles. The summed E-state index contributed by atoms with van der Waals surface area (Å²) in [4.78, 5) is 22.9. The van der Waals surface area contributed by atoms with E-state index >= 15 is 0 Å². The van der Waals surface area contributed by atoms with Gasteiger partial charge in [0.05, 0.1) is 5.56 Å². The topological polar surface area (TPSA) is 66.4 Å². The molecule has 4 nitrogen and oxygen atoms in total. The fourth-order valence-electron chi connectivity index (χ4n) is 1.60. The Labute approximate surface area is 127 Å². The summed E-state index contributed by atoms with van der Waals surface area (Å²) in [6, 6.07) is 9.80. The largest absolute Gasteiger partial charge is 0.478 e. The van der Waals surface area contributed by atoms with Crippen molar-refractivity contribution in [1.82, 2.24) is 0 Å². The molecule has 2 aromatic rings. The molecule has 0 saturated heterocycles. The molecule has 0 radical (unpaired) electrons. The fraction of sp³-hybridized carbons (Fsp3) is 0. The Hall–Kier alpha value is -1.96. The van der Waals surface area contributed by atoms with Gasteiger partial charge >= 0.3 is 5.97 Å². The molecular weight excluding hydrogens is 376 g/mol. The number of carboxylic acids is 1. The smallest absolute Gasteiger partial charge is 0.336 e. The van der Waals surface area contributed by atoms with Crippen LogP contribution in [0.4, 0.5) is 10.1 Å². The Balaban J connectivity index is 2.24. The minimum absolute atomic E-state index is 0.0997. The van der Waals surface area contributed by atoms with E-state index in [2.05, 4.69) is 5.32 Å². The molecule has 0 bridgehead atoms. The summed E-state index contributed by atoms with van der Waals surface area (Å²) in [7, 11) is 0. The standard InChI is InChI=1S/C14H9FINO3/c15-9-3-1-2-8(6-9)13(18)17-10-4-5-12(16)11(7-10)14(19)20/h1-7H,(H,17,18)(H,19,20). The summed E-state index contributed by atoms with van der Waals surface area (Å²) in [5, 5.41) is 11.5. The van der Waals surface area contributed by atoms with Crippen LogP contribution < -0.4 is 5.32 Å². The average Bonchev–Trinajstić information content (AvgIpc) is 2.40. The Bertz CT molecular complexity index is 688. The zero-order valence-corrected chi connectivity index (χ0v) is 12.2. The van der Waals surface area contributed by atoms with Crippen LogP contribution in [0.3, 0.4) is 0 Å². The van der Waals surface area contributed by atoms with Gasteiger partial charge in [0.2, 0.25) is 0 Å². The third-order valence-electron chi connectivity index (χ3n) is 2.54. The van der Waals surface area contributed by atoms with E-state index in [4.69, 9.17) is 5.11 Å². The van der Waals surface area contributed by atoms with E-state index in [-0.39, 0.29) is 11.1 Å². The summed E-state index contributed by atoms with van der Waals surface area (Å²) in [6.07, 6.45) is 0. The van der Waals surface area contributed by atoms with Crippen molar-refractivity contribution >= 4 is 40.2 Å². The number of hydrogen-bond acceptors (Lipinski definition) is 2. The van der Waals surface area contributed by atoms with Crippen molar-refractivity contribution in [3.63, 3.8) is 0 Å². The quantitative estimate of drug-likeness (QED) is 0.797. The molecule has 0 aliphatic rings. The van der Waals surface area contributed by atoms with E-state index in [1.165, 1.54) is 24.3 Å². The highest BCUT2D eigenvalue weighted by atomic mass is 127. The van der Waals surface area contributed by atoms with Crippen molar-refractivity contribution in [2.24, 2.45) is 0 Å². The molecule has 0 fully saturated rings. The number of halogens is 2. The maximum Gasteiger partial charge on any atom is 0.336 e. The molecule has 0 spiro atoms. The van der Waals surface area contributed by atoms with Crippen LogP contribution >= 0.6 is 22.6 Å². The third kappa shape index (κ3) is 3.32. The molecule has 0 aliphatic heterocycles. The highest BCUT2D eigenvalue weighted by Gasteiger charge is 2.11. The van der Waals surface area contributed by atoms with Gasteiger partial charge in [-0.05, 0) is 59.0 Å². The third-order valence-corrected chi connectivity index (χ3v) is 3.48. The molecule has 0 saturated carbocycles. The summed E-state index contributed by atoms with van der Waals surface area (Å²) < 4.78 is 13.6. The van der Waals surface area contributed by atoms with E-state index in [9.17, 15) is 14.0 Å². The maximum atomic E-state index is 13.0. The second kappa shape index (κ2) is 6.00. The fourth-order valence-corrected chi connectivity index (χ4v) is 2.17. The van der Waals surface area contributed by atoms with Crippen LogP contribution in [0, 0.1) is 9.39 Å². The zero-order valence-electron chi connectivity index (χ0n) is 10.1. The van der Waals surface area contributed by atoms with Gasteiger partial charge in [-0.1, -0.05) is 6.07 Å². The van der Waals surface area contributed by atoms with E-state index in [0.29, 0.717) is 9.26 Å². The van der Waals surface area contributed by atoms with Crippen LogP contribution in [-0.2, 0) is 0 Å². The first-order chi connectivity index (χ1) is 9.47. The predicted octanol–water partition coefficient (Wildman–Crippen LogP) is 3.38. The molecule has 102 valence electrons. The Kier molecular flexibility index (Phi) is 4.33. The Morgan fingerprint density at radius 1 is 1.15 bits per heavy atom. The molecule has 20 heavy (non-hydrogen) atoms. The molecule has 0 atom stereocenters. The summed E-state index contributed by atoms with van der Waals surface area (Å²) in [5.74, 6) is -2.08. The lowest BCUT2D eigenvalue weighted by Gasteiger charge is -2.07. The summed E-state index contributed by atoms with van der Waals surface area (Å²) >= 11 is 1.90. The number of carboxylic acid groups (broad SMARTS) is 1. The van der Waals surface area contributed by atoms with E-state index in [1.807, 2.05) is 22.6 Å². The van der Waals surface area contributed by atoms with Gasteiger partial charge in [-0.15, -0.1) is 0 Å². The Morgan fingerprint density at radius 3 is 2.55 bits per heavy atom. The lowest BCUT2D eigenvalue weighted by molar-refractivity contribution is 0.0695. The number of nitrogens with one attached hydrogen (secondary N) is 1. The van der Waals surface area contributed by atoms with Gasteiger partial charge in [-0.2, -0.15) is 0 Å². The zero-order chi connectivity index (χ0) is 14.7. The molecule has 2 aromatic carbocycles. The number of benzene rings is 2. The highest BCUT2D eigenvalue weighted by molar-refractivity contribution is 14.1. The molecule has 1 amide bonds. The van der Waals surface area contributed by atoms with Crippen LogP contribution in [0.25, 0.3) is 0 Å². The van der Waals surface area contributed by atoms with Gasteiger partial charge in [0.15, 0.2) is 0 Å². The van der Waals surface area contributed by atoms with Gasteiger partial charge in [0, 0.05) is 14.8 Å².